The lowest BCUT2D eigenvalue weighted by atomic mass is 9.78. The van der Waals surface area contributed by atoms with Gasteiger partial charge in [-0.2, -0.15) is 0 Å². The zero-order chi connectivity index (χ0) is 32.0. The Labute approximate surface area is 231 Å². The standard InChI is InChI=1S/C24H30ClF2N2O9P/c1-22(2,3)12-7-13(23(4,5)6)17-11(15(12)26)9-35-39(34,38-17)36-10-24(27)18(31)16(30)20(37-24)29-8-14(25)19(32)28-21(29)33/h7-8,16,18,20,30-31H,9-10H2,1-6H3,(H,28,32,33)/t16-,18+,20-,24-,39?/m1/s1/i10D2,20D. The van der Waals surface area contributed by atoms with Crippen molar-refractivity contribution in [2.24, 2.45) is 0 Å². The number of alkyl halides is 1. The van der Waals surface area contributed by atoms with Gasteiger partial charge >= 0.3 is 13.5 Å². The molecular weight excluding hydrogens is 565 g/mol. The number of aliphatic hydroxyl groups excluding tert-OH is 2. The number of halogens is 3. The number of H-pyrrole nitrogens is 1. The summed E-state index contributed by atoms with van der Waals surface area (Å²) in [5.41, 5.74) is -3.38. The summed E-state index contributed by atoms with van der Waals surface area (Å²) in [6, 6.07) is 1.51. The van der Waals surface area contributed by atoms with E-state index in [0.717, 1.165) is 0 Å². The van der Waals surface area contributed by atoms with Crippen LogP contribution in [-0.2, 0) is 35.8 Å². The minimum absolute atomic E-state index is 0.110. The Hall–Kier alpha value is -2.12. The van der Waals surface area contributed by atoms with Gasteiger partial charge in [0, 0.05) is 11.8 Å². The molecule has 0 amide bonds. The van der Waals surface area contributed by atoms with Gasteiger partial charge < -0.3 is 19.5 Å². The summed E-state index contributed by atoms with van der Waals surface area (Å²) in [6.07, 6.45) is -8.43. The molecule has 2 aromatic rings. The lowest BCUT2D eigenvalue weighted by molar-refractivity contribution is -0.205. The Balaban J connectivity index is 1.74. The Morgan fingerprint density at radius 2 is 1.90 bits per heavy atom. The largest absolute Gasteiger partial charge is 0.530 e. The first-order valence-electron chi connectivity index (χ1n) is 13.2. The highest BCUT2D eigenvalue weighted by Gasteiger charge is 2.58. The van der Waals surface area contributed by atoms with Gasteiger partial charge in [-0.15, -0.1) is 0 Å². The van der Waals surface area contributed by atoms with Gasteiger partial charge in [0.1, 0.15) is 35.4 Å². The SMILES string of the molecule is [2H]C([2H])(OP1(=O)OCc2c(F)c(C(C)(C)C)cc(C(C)(C)C)c2O1)[C@@]1(F)O[C@@]([2H])(n2cc(Cl)c(=O)[nH]c2=O)[C@H](O)[C@@H]1O. The number of aromatic nitrogens is 2. The molecule has 5 atom stereocenters. The van der Waals surface area contributed by atoms with Crippen LogP contribution in [0, 0.1) is 5.82 Å². The third-order valence-electron chi connectivity index (χ3n) is 6.11. The van der Waals surface area contributed by atoms with E-state index >= 15 is 8.78 Å². The van der Waals surface area contributed by atoms with E-state index < -0.39 is 78.2 Å². The minimum atomic E-state index is -5.17. The average molecular weight is 598 g/mol. The predicted octanol–water partition coefficient (Wildman–Crippen LogP) is 3.57. The number of phosphoric ester groups is 1. The van der Waals surface area contributed by atoms with Gasteiger partial charge in [-0.25, -0.2) is 18.1 Å². The molecule has 0 bridgehead atoms. The maximum atomic E-state index is 16.2. The fourth-order valence-electron chi connectivity index (χ4n) is 3.97. The van der Waals surface area contributed by atoms with Crippen LogP contribution in [-0.4, -0.2) is 44.4 Å². The van der Waals surface area contributed by atoms with E-state index in [2.05, 4.69) is 0 Å². The molecule has 1 fully saturated rings. The Morgan fingerprint density at radius 1 is 1.28 bits per heavy atom. The normalized spacial score (nSPS) is 32.6. The number of fused-ring (bicyclic) bond motifs is 1. The van der Waals surface area contributed by atoms with Crippen LogP contribution in [0.4, 0.5) is 8.78 Å². The molecule has 1 aromatic heterocycles. The number of hydrogen-bond acceptors (Lipinski definition) is 9. The van der Waals surface area contributed by atoms with E-state index in [1.165, 1.54) is 6.07 Å². The van der Waals surface area contributed by atoms with Crippen LogP contribution in [0.1, 0.15) is 68.5 Å². The number of ether oxygens (including phenoxy) is 1. The third kappa shape index (κ3) is 5.46. The summed E-state index contributed by atoms with van der Waals surface area (Å²) in [6.45, 7) is 5.87. The molecule has 39 heavy (non-hydrogen) atoms. The van der Waals surface area contributed by atoms with Crippen LogP contribution in [0.5, 0.6) is 5.75 Å². The topological polar surface area (TPSA) is 149 Å². The molecule has 0 spiro atoms. The van der Waals surface area contributed by atoms with Crippen LogP contribution in [0.25, 0.3) is 0 Å². The van der Waals surface area contributed by atoms with Gasteiger partial charge in [-0.05, 0) is 22.5 Å². The number of nitrogens with zero attached hydrogens (tertiary/aromatic N) is 1. The number of nitrogens with one attached hydrogen (secondary N) is 1. The molecule has 0 radical (unpaired) electrons. The second-order valence-corrected chi connectivity index (χ2v) is 13.1. The summed E-state index contributed by atoms with van der Waals surface area (Å²) >= 11 is 5.67. The fraction of sp³-hybridized carbons (Fsp3) is 0.583. The lowest BCUT2D eigenvalue weighted by Crippen LogP contribution is -2.43. The smallest absolute Gasteiger partial charge is 0.403 e. The highest BCUT2D eigenvalue weighted by Crippen LogP contribution is 2.58. The number of phosphoric acid groups is 1. The van der Waals surface area contributed by atoms with E-state index in [1.807, 2.05) is 0 Å². The van der Waals surface area contributed by atoms with Crippen molar-refractivity contribution in [1.82, 2.24) is 9.55 Å². The molecule has 3 N–H and O–H groups in total. The molecule has 15 heteroatoms. The summed E-state index contributed by atoms with van der Waals surface area (Å²) in [4.78, 5) is 25.6. The molecule has 0 saturated carbocycles. The van der Waals surface area contributed by atoms with Crippen LogP contribution in [0.15, 0.2) is 21.9 Å². The first kappa shape index (κ1) is 25.8. The number of benzene rings is 1. The maximum absolute atomic E-state index is 16.2. The zero-order valence-electron chi connectivity index (χ0n) is 24.8. The van der Waals surface area contributed by atoms with Gasteiger partial charge in [-0.1, -0.05) is 53.1 Å². The quantitative estimate of drug-likeness (QED) is 0.450. The van der Waals surface area contributed by atoms with E-state index in [4.69, 9.17) is 34.0 Å². The van der Waals surface area contributed by atoms with Crippen molar-refractivity contribution in [3.05, 3.63) is 60.6 Å². The van der Waals surface area contributed by atoms with Crippen molar-refractivity contribution < 1.29 is 46.0 Å². The summed E-state index contributed by atoms with van der Waals surface area (Å²) in [5, 5.41) is 20.3. The minimum Gasteiger partial charge on any atom is -0.403 e. The van der Waals surface area contributed by atoms with E-state index in [1.54, 1.807) is 46.5 Å². The highest BCUT2D eigenvalue weighted by atomic mass is 35.5. The molecule has 1 saturated heterocycles. The monoisotopic (exact) mass is 597 g/mol. The van der Waals surface area contributed by atoms with E-state index in [0.29, 0.717) is 17.3 Å². The Morgan fingerprint density at radius 3 is 2.49 bits per heavy atom. The molecule has 11 nitrogen and oxygen atoms in total. The summed E-state index contributed by atoms with van der Waals surface area (Å²) < 4.78 is 90.4. The molecule has 3 heterocycles. The average Bonchev–Trinajstić information content (AvgIpc) is 3.00. The Bertz CT molecular complexity index is 1610. The van der Waals surface area contributed by atoms with Crippen molar-refractivity contribution >= 4 is 19.4 Å². The van der Waals surface area contributed by atoms with Gasteiger partial charge in [-0.3, -0.25) is 23.4 Å². The summed E-state index contributed by atoms with van der Waals surface area (Å²) in [5.74, 6) is -5.19. The molecule has 2 aliphatic rings. The molecule has 216 valence electrons. The number of rotatable bonds is 4. The van der Waals surface area contributed by atoms with Crippen molar-refractivity contribution in [1.29, 1.82) is 0 Å². The van der Waals surface area contributed by atoms with Gasteiger partial charge in [0.15, 0.2) is 6.20 Å². The van der Waals surface area contributed by atoms with E-state index in [-0.39, 0.29) is 15.9 Å². The molecule has 1 unspecified atom stereocenters. The molecular formula is C24H30ClF2N2O9P. The molecule has 0 aliphatic carbocycles. The Kier molecular flexibility index (Phi) is 6.46. The van der Waals surface area contributed by atoms with Gasteiger partial charge in [0.2, 0.25) is 0 Å². The van der Waals surface area contributed by atoms with Crippen molar-refractivity contribution in [2.45, 2.75) is 83.2 Å². The molecule has 2 aliphatic heterocycles. The first-order chi connectivity index (χ1) is 18.9. The van der Waals surface area contributed by atoms with Gasteiger partial charge in [0.05, 0.1) is 16.3 Å². The van der Waals surface area contributed by atoms with Crippen molar-refractivity contribution in [3.63, 3.8) is 0 Å². The predicted molar refractivity (Wildman–Crippen MR) is 135 cm³/mol. The maximum Gasteiger partial charge on any atom is 0.530 e. The highest BCUT2D eigenvalue weighted by molar-refractivity contribution is 7.49. The fourth-order valence-corrected chi connectivity index (χ4v) is 5.22. The number of hydrogen-bond donors (Lipinski definition) is 3. The van der Waals surface area contributed by atoms with E-state index in [9.17, 15) is 24.4 Å². The van der Waals surface area contributed by atoms with Crippen molar-refractivity contribution in [2.75, 3.05) is 6.56 Å². The van der Waals surface area contributed by atoms with Crippen molar-refractivity contribution in [3.8, 4) is 5.75 Å². The first-order valence-corrected chi connectivity index (χ1v) is 13.5. The summed E-state index contributed by atoms with van der Waals surface area (Å²) in [7, 11) is -5.17. The van der Waals surface area contributed by atoms with Crippen LogP contribution in [0.3, 0.4) is 0 Å². The van der Waals surface area contributed by atoms with Crippen LogP contribution >= 0.6 is 19.4 Å². The van der Waals surface area contributed by atoms with Crippen LogP contribution in [0.2, 0.25) is 5.02 Å². The third-order valence-corrected chi connectivity index (χ3v) is 7.55. The second kappa shape index (κ2) is 9.76. The second-order valence-electron chi connectivity index (χ2n) is 11.2. The lowest BCUT2D eigenvalue weighted by Gasteiger charge is -2.34. The number of aliphatic hydroxyl groups is 2. The van der Waals surface area contributed by atoms with Gasteiger partial charge in [0.25, 0.3) is 11.4 Å². The number of aromatic amines is 1. The molecule has 1 aromatic carbocycles. The zero-order valence-corrected chi connectivity index (χ0v) is 23.4. The van der Waals surface area contributed by atoms with Crippen LogP contribution < -0.4 is 15.8 Å². The molecule has 4 rings (SSSR count).